The molecule has 2 aromatic rings. The van der Waals surface area contributed by atoms with Gasteiger partial charge in [0.15, 0.2) is 5.96 Å². The Morgan fingerprint density at radius 2 is 1.92 bits per heavy atom. The SMILES string of the molecule is CCNC(=NCc1cccc([N+](=O)[O-])c1)NCCSc1ccccc1.I. The number of thioether (sulfide) groups is 1. The van der Waals surface area contributed by atoms with Gasteiger partial charge in [-0.25, -0.2) is 4.99 Å². The van der Waals surface area contributed by atoms with E-state index in [-0.39, 0.29) is 29.7 Å². The lowest BCUT2D eigenvalue weighted by Crippen LogP contribution is -2.38. The van der Waals surface area contributed by atoms with Gasteiger partial charge in [-0.2, -0.15) is 0 Å². The second-order valence-electron chi connectivity index (χ2n) is 5.21. The summed E-state index contributed by atoms with van der Waals surface area (Å²) in [6, 6.07) is 16.8. The van der Waals surface area contributed by atoms with Gasteiger partial charge in [-0.1, -0.05) is 30.3 Å². The van der Waals surface area contributed by atoms with Crippen molar-refractivity contribution in [3.8, 4) is 0 Å². The van der Waals surface area contributed by atoms with E-state index in [0.29, 0.717) is 12.5 Å². The molecule has 2 rings (SSSR count). The molecule has 0 fully saturated rings. The first kappa shape index (κ1) is 22.2. The number of non-ortho nitro benzene ring substituents is 1. The van der Waals surface area contributed by atoms with Gasteiger partial charge in [0, 0.05) is 35.9 Å². The molecule has 0 atom stereocenters. The van der Waals surface area contributed by atoms with Gasteiger partial charge in [0.1, 0.15) is 0 Å². The van der Waals surface area contributed by atoms with E-state index in [4.69, 9.17) is 0 Å². The van der Waals surface area contributed by atoms with E-state index in [2.05, 4.69) is 27.8 Å². The smallest absolute Gasteiger partial charge is 0.269 e. The van der Waals surface area contributed by atoms with Crippen molar-refractivity contribution >= 4 is 47.4 Å². The summed E-state index contributed by atoms with van der Waals surface area (Å²) >= 11 is 1.78. The van der Waals surface area contributed by atoms with Crippen molar-refractivity contribution in [2.45, 2.75) is 18.4 Å². The van der Waals surface area contributed by atoms with E-state index in [0.717, 1.165) is 24.4 Å². The van der Waals surface area contributed by atoms with Crippen molar-refractivity contribution in [1.29, 1.82) is 0 Å². The normalized spacial score (nSPS) is 10.7. The lowest BCUT2D eigenvalue weighted by molar-refractivity contribution is -0.384. The van der Waals surface area contributed by atoms with Crippen molar-refractivity contribution in [2.75, 3.05) is 18.8 Å². The fourth-order valence-corrected chi connectivity index (χ4v) is 2.92. The fraction of sp³-hybridized carbons (Fsp3) is 0.278. The molecule has 140 valence electrons. The van der Waals surface area contributed by atoms with Gasteiger partial charge in [-0.3, -0.25) is 10.1 Å². The molecule has 0 radical (unpaired) electrons. The second kappa shape index (κ2) is 12.5. The summed E-state index contributed by atoms with van der Waals surface area (Å²) in [5.41, 5.74) is 0.898. The van der Waals surface area contributed by atoms with Gasteiger partial charge in [0.25, 0.3) is 5.69 Å². The fourth-order valence-electron chi connectivity index (χ4n) is 2.14. The zero-order valence-corrected chi connectivity index (χ0v) is 17.7. The molecule has 6 nitrogen and oxygen atoms in total. The number of hydrogen-bond acceptors (Lipinski definition) is 4. The average molecular weight is 486 g/mol. The van der Waals surface area contributed by atoms with Crippen molar-refractivity contribution in [2.24, 2.45) is 4.99 Å². The van der Waals surface area contributed by atoms with E-state index < -0.39 is 4.92 Å². The number of guanidine groups is 1. The molecule has 26 heavy (non-hydrogen) atoms. The number of aliphatic imine (C=N–C) groups is 1. The molecule has 0 saturated heterocycles. The Morgan fingerprint density at radius 1 is 1.15 bits per heavy atom. The third-order valence-corrected chi connectivity index (χ3v) is 4.31. The summed E-state index contributed by atoms with van der Waals surface area (Å²) < 4.78 is 0. The Bertz CT molecular complexity index is 713. The van der Waals surface area contributed by atoms with Crippen LogP contribution in [0, 0.1) is 10.1 Å². The van der Waals surface area contributed by atoms with Crippen LogP contribution in [-0.2, 0) is 6.54 Å². The Morgan fingerprint density at radius 3 is 2.62 bits per heavy atom. The maximum Gasteiger partial charge on any atom is 0.269 e. The summed E-state index contributed by atoms with van der Waals surface area (Å²) in [6.07, 6.45) is 0. The van der Waals surface area contributed by atoms with Crippen LogP contribution in [0.15, 0.2) is 64.5 Å². The Kier molecular flexibility index (Phi) is 10.7. The third kappa shape index (κ3) is 8.05. The zero-order valence-electron chi connectivity index (χ0n) is 14.6. The predicted octanol–water partition coefficient (Wildman–Crippen LogP) is 4.06. The van der Waals surface area contributed by atoms with Gasteiger partial charge < -0.3 is 10.6 Å². The number of rotatable bonds is 8. The van der Waals surface area contributed by atoms with E-state index in [1.165, 1.54) is 11.0 Å². The summed E-state index contributed by atoms with van der Waals surface area (Å²) in [4.78, 5) is 16.2. The van der Waals surface area contributed by atoms with Crippen LogP contribution in [-0.4, -0.2) is 29.7 Å². The minimum Gasteiger partial charge on any atom is -0.357 e. The Hall–Kier alpha value is -1.81. The van der Waals surface area contributed by atoms with Gasteiger partial charge >= 0.3 is 0 Å². The molecule has 0 unspecified atom stereocenters. The highest BCUT2D eigenvalue weighted by molar-refractivity contribution is 14.0. The molecule has 0 aromatic heterocycles. The first-order valence-corrected chi connectivity index (χ1v) is 9.11. The zero-order chi connectivity index (χ0) is 17.9. The van der Waals surface area contributed by atoms with Crippen molar-refractivity contribution in [3.05, 3.63) is 70.3 Å². The van der Waals surface area contributed by atoms with Gasteiger partial charge in [0.05, 0.1) is 11.5 Å². The Labute approximate surface area is 175 Å². The Balaban J connectivity index is 0.00000338. The number of nitro groups is 1. The molecule has 8 heteroatoms. The highest BCUT2D eigenvalue weighted by Gasteiger charge is 2.05. The van der Waals surface area contributed by atoms with Gasteiger partial charge in [-0.05, 0) is 24.6 Å². The highest BCUT2D eigenvalue weighted by atomic mass is 127. The third-order valence-electron chi connectivity index (χ3n) is 3.29. The summed E-state index contributed by atoms with van der Waals surface area (Å²) in [6.45, 7) is 3.93. The number of nitrogens with one attached hydrogen (secondary N) is 2. The molecule has 0 aliphatic heterocycles. The number of hydrogen-bond donors (Lipinski definition) is 2. The van der Waals surface area contributed by atoms with Crippen LogP contribution in [0.5, 0.6) is 0 Å². The first-order chi connectivity index (χ1) is 12.2. The van der Waals surface area contributed by atoms with Crippen LogP contribution in [0.3, 0.4) is 0 Å². The van der Waals surface area contributed by atoms with E-state index in [1.807, 2.05) is 31.2 Å². The van der Waals surface area contributed by atoms with Crippen LogP contribution in [0.25, 0.3) is 0 Å². The average Bonchev–Trinajstić information content (AvgIpc) is 2.64. The molecule has 0 amide bonds. The maximum absolute atomic E-state index is 10.8. The second-order valence-corrected chi connectivity index (χ2v) is 6.38. The largest absolute Gasteiger partial charge is 0.357 e. The molecule has 0 aliphatic carbocycles. The monoisotopic (exact) mass is 486 g/mol. The van der Waals surface area contributed by atoms with E-state index >= 15 is 0 Å². The molecular weight excluding hydrogens is 463 g/mol. The quantitative estimate of drug-likeness (QED) is 0.112. The van der Waals surface area contributed by atoms with E-state index in [1.54, 1.807) is 23.9 Å². The van der Waals surface area contributed by atoms with Crippen molar-refractivity contribution in [3.63, 3.8) is 0 Å². The van der Waals surface area contributed by atoms with Crippen LogP contribution in [0.1, 0.15) is 12.5 Å². The lowest BCUT2D eigenvalue weighted by Gasteiger charge is -2.11. The van der Waals surface area contributed by atoms with Crippen LogP contribution < -0.4 is 10.6 Å². The minimum absolute atomic E-state index is 0. The highest BCUT2D eigenvalue weighted by Crippen LogP contribution is 2.16. The topological polar surface area (TPSA) is 79.6 Å². The minimum atomic E-state index is -0.391. The predicted molar refractivity (Wildman–Crippen MR) is 118 cm³/mol. The molecule has 0 aliphatic rings. The standard InChI is InChI=1S/C18H22N4O2S.HI/c1-2-19-18(20-11-12-25-17-9-4-3-5-10-17)21-14-15-7-6-8-16(13-15)22(23)24;/h3-10,13H,2,11-12,14H2,1H3,(H2,19,20,21);1H. The van der Waals surface area contributed by atoms with Crippen molar-refractivity contribution in [1.82, 2.24) is 10.6 Å². The van der Waals surface area contributed by atoms with Crippen LogP contribution >= 0.6 is 35.7 Å². The molecule has 2 N–H and O–H groups in total. The molecular formula is C18H23IN4O2S. The lowest BCUT2D eigenvalue weighted by atomic mass is 10.2. The molecule has 2 aromatic carbocycles. The molecule has 0 spiro atoms. The van der Waals surface area contributed by atoms with Gasteiger partial charge in [-0.15, -0.1) is 35.7 Å². The number of nitro benzene ring substituents is 1. The number of halogens is 1. The maximum atomic E-state index is 10.8. The van der Waals surface area contributed by atoms with Crippen LogP contribution in [0.2, 0.25) is 0 Å². The molecule has 0 saturated carbocycles. The van der Waals surface area contributed by atoms with Crippen molar-refractivity contribution < 1.29 is 4.92 Å². The van der Waals surface area contributed by atoms with E-state index in [9.17, 15) is 10.1 Å². The van der Waals surface area contributed by atoms with Gasteiger partial charge in [0.2, 0.25) is 0 Å². The number of nitrogens with zero attached hydrogens (tertiary/aromatic N) is 2. The molecule has 0 heterocycles. The molecule has 0 bridgehead atoms. The summed E-state index contributed by atoms with van der Waals surface area (Å²) in [5.74, 6) is 1.63. The number of benzene rings is 2. The summed E-state index contributed by atoms with van der Waals surface area (Å²) in [7, 11) is 0. The van der Waals surface area contributed by atoms with Crippen LogP contribution in [0.4, 0.5) is 5.69 Å². The summed E-state index contributed by atoms with van der Waals surface area (Å²) in [5, 5.41) is 17.3. The first-order valence-electron chi connectivity index (χ1n) is 8.12.